The maximum Gasteiger partial charge on any atom is 0.324 e. The average molecular weight is 544 g/mol. The summed E-state index contributed by atoms with van der Waals surface area (Å²) in [4.78, 5) is 39.6. The number of esters is 1. The molecule has 39 heavy (non-hydrogen) atoms. The van der Waals surface area contributed by atoms with Crippen molar-refractivity contribution in [2.45, 2.75) is 62.6 Å². The maximum absolute atomic E-state index is 14.0. The van der Waals surface area contributed by atoms with Crippen LogP contribution >= 0.6 is 0 Å². The fourth-order valence-corrected chi connectivity index (χ4v) is 5.72. The van der Waals surface area contributed by atoms with Crippen molar-refractivity contribution in [1.82, 2.24) is 15.5 Å². The van der Waals surface area contributed by atoms with Gasteiger partial charge in [-0.25, -0.2) is 13.6 Å². The summed E-state index contributed by atoms with van der Waals surface area (Å²) >= 11 is 0. The first-order valence-electron chi connectivity index (χ1n) is 13.1. The summed E-state index contributed by atoms with van der Waals surface area (Å²) in [5.74, 6) is -2.88. The molecule has 2 N–H and O–H groups in total. The minimum absolute atomic E-state index is 0.155. The van der Waals surface area contributed by atoms with Gasteiger partial charge in [0.05, 0.1) is 24.2 Å². The molecular formula is C29H35F2N3O5. The second kappa shape index (κ2) is 11.8. The molecule has 0 radical (unpaired) electrons. The maximum atomic E-state index is 14.0. The molecule has 0 aromatic heterocycles. The Morgan fingerprint density at radius 2 is 1.74 bits per heavy atom. The van der Waals surface area contributed by atoms with Gasteiger partial charge in [0.15, 0.2) is 11.6 Å². The van der Waals surface area contributed by atoms with Gasteiger partial charge in [-0.1, -0.05) is 36.4 Å². The number of carbonyl (C=O) groups excluding carboxylic acids is 3. The highest BCUT2D eigenvalue weighted by molar-refractivity contribution is 5.96. The highest BCUT2D eigenvalue weighted by Crippen LogP contribution is 2.41. The molecule has 1 heterocycles. The normalized spacial score (nSPS) is 24.7. The van der Waals surface area contributed by atoms with Crippen LogP contribution in [0.15, 0.2) is 48.5 Å². The molecule has 1 saturated carbocycles. The van der Waals surface area contributed by atoms with Crippen molar-refractivity contribution in [2.75, 3.05) is 26.8 Å². The smallest absolute Gasteiger partial charge is 0.324 e. The Hall–Kier alpha value is -3.37. The molecule has 1 atom stereocenters. The Kier molecular flexibility index (Phi) is 8.66. The number of nitrogens with one attached hydrogen (secondary N) is 2. The van der Waals surface area contributed by atoms with Crippen molar-refractivity contribution in [3.05, 3.63) is 71.3 Å². The van der Waals surface area contributed by atoms with Gasteiger partial charge in [0.25, 0.3) is 5.91 Å². The molecule has 8 nitrogen and oxygen atoms in total. The molecule has 1 saturated heterocycles. The third kappa shape index (κ3) is 5.96. The zero-order valence-electron chi connectivity index (χ0n) is 22.5. The van der Waals surface area contributed by atoms with E-state index in [-0.39, 0.29) is 30.7 Å². The second-order valence-corrected chi connectivity index (χ2v) is 10.6. The van der Waals surface area contributed by atoms with Crippen LogP contribution in [0.2, 0.25) is 0 Å². The van der Waals surface area contributed by atoms with Crippen molar-refractivity contribution >= 4 is 17.9 Å². The topological polar surface area (TPSA) is 97.0 Å². The molecule has 2 fully saturated rings. The lowest BCUT2D eigenvalue weighted by Gasteiger charge is -2.44. The van der Waals surface area contributed by atoms with E-state index in [1.807, 2.05) is 30.3 Å². The zero-order valence-corrected chi connectivity index (χ0v) is 22.5. The van der Waals surface area contributed by atoms with E-state index in [0.29, 0.717) is 19.4 Å². The number of hydrogen-bond acceptors (Lipinski definition) is 6. The number of amides is 3. The van der Waals surface area contributed by atoms with Crippen LogP contribution in [-0.4, -0.2) is 61.3 Å². The van der Waals surface area contributed by atoms with Crippen LogP contribution in [0, 0.1) is 11.6 Å². The van der Waals surface area contributed by atoms with Gasteiger partial charge < -0.3 is 20.1 Å². The van der Waals surface area contributed by atoms with Crippen molar-refractivity contribution in [3.63, 3.8) is 0 Å². The molecular weight excluding hydrogens is 508 g/mol. The Morgan fingerprint density at radius 3 is 2.38 bits per heavy atom. The van der Waals surface area contributed by atoms with E-state index in [1.54, 1.807) is 13.8 Å². The average Bonchev–Trinajstić information content (AvgIpc) is 2.94. The molecule has 3 amide bonds. The fraction of sp³-hybridized carbons (Fsp3) is 0.483. The molecule has 0 bridgehead atoms. The van der Waals surface area contributed by atoms with Gasteiger partial charge in [0, 0.05) is 19.1 Å². The number of benzene rings is 2. The van der Waals surface area contributed by atoms with Crippen LogP contribution in [0.3, 0.4) is 0 Å². The van der Waals surface area contributed by atoms with Gasteiger partial charge in [0.2, 0.25) is 0 Å². The zero-order chi connectivity index (χ0) is 28.2. The standard InChI is InChI=1S/C29H35F2N3O5/c1-28(2)25(19-9-10-22(30)23(31)17-19)34(24(35)18-39-28)27(37)33-16-15-32-21-11-13-29(14-12-21,26(36)38-3)20-7-5-4-6-8-20/h4-10,17,21,25,32H,11-16,18H2,1-3H3,(H,33,37). The molecule has 1 aliphatic heterocycles. The number of imide groups is 1. The summed E-state index contributed by atoms with van der Waals surface area (Å²) in [6.07, 6.45) is 2.79. The number of urea groups is 1. The van der Waals surface area contributed by atoms with Crippen LogP contribution < -0.4 is 10.6 Å². The number of ether oxygens (including phenoxy) is 2. The third-order valence-electron chi connectivity index (χ3n) is 7.81. The van der Waals surface area contributed by atoms with Crippen LogP contribution in [-0.2, 0) is 24.5 Å². The number of rotatable bonds is 7. The molecule has 1 unspecified atom stereocenters. The van der Waals surface area contributed by atoms with Gasteiger partial charge in [-0.15, -0.1) is 0 Å². The molecule has 1 aliphatic carbocycles. The fourth-order valence-electron chi connectivity index (χ4n) is 5.72. The van der Waals surface area contributed by atoms with Crippen LogP contribution in [0.4, 0.5) is 13.6 Å². The number of hydrogen-bond donors (Lipinski definition) is 2. The highest BCUT2D eigenvalue weighted by Gasteiger charge is 2.47. The molecule has 2 aliphatic rings. The predicted octanol–water partition coefficient (Wildman–Crippen LogP) is 4.00. The van der Waals surface area contributed by atoms with E-state index < -0.39 is 40.6 Å². The summed E-state index contributed by atoms with van der Waals surface area (Å²) in [6, 6.07) is 11.6. The summed E-state index contributed by atoms with van der Waals surface area (Å²) in [6.45, 7) is 3.78. The lowest BCUT2D eigenvalue weighted by Crippen LogP contribution is -2.58. The number of halogens is 2. The molecule has 0 spiro atoms. The number of methoxy groups -OCH3 is 1. The molecule has 4 rings (SSSR count). The lowest BCUT2D eigenvalue weighted by atomic mass is 9.68. The van der Waals surface area contributed by atoms with Crippen molar-refractivity contribution in [2.24, 2.45) is 0 Å². The Balaban J connectivity index is 1.34. The van der Waals surface area contributed by atoms with Gasteiger partial charge in [-0.3, -0.25) is 14.5 Å². The monoisotopic (exact) mass is 543 g/mol. The van der Waals surface area contributed by atoms with Gasteiger partial charge in [-0.05, 0) is 62.8 Å². The Morgan fingerprint density at radius 1 is 1.05 bits per heavy atom. The van der Waals surface area contributed by atoms with Gasteiger partial charge in [-0.2, -0.15) is 0 Å². The quantitative estimate of drug-likeness (QED) is 0.405. The second-order valence-electron chi connectivity index (χ2n) is 10.6. The molecule has 10 heteroatoms. The van der Waals surface area contributed by atoms with Gasteiger partial charge in [0.1, 0.15) is 6.61 Å². The first kappa shape index (κ1) is 28.6. The lowest BCUT2D eigenvalue weighted by molar-refractivity contribution is -0.165. The summed E-state index contributed by atoms with van der Waals surface area (Å²) in [7, 11) is 1.41. The number of nitrogens with zero attached hydrogens (tertiary/aromatic N) is 1. The first-order valence-corrected chi connectivity index (χ1v) is 13.1. The van der Waals surface area contributed by atoms with E-state index in [9.17, 15) is 23.2 Å². The minimum atomic E-state index is -1.07. The van der Waals surface area contributed by atoms with E-state index in [4.69, 9.17) is 9.47 Å². The van der Waals surface area contributed by atoms with Crippen LogP contribution in [0.5, 0.6) is 0 Å². The first-order chi connectivity index (χ1) is 18.6. The largest absolute Gasteiger partial charge is 0.468 e. The predicted molar refractivity (Wildman–Crippen MR) is 140 cm³/mol. The summed E-state index contributed by atoms with van der Waals surface area (Å²) in [5, 5.41) is 6.19. The summed E-state index contributed by atoms with van der Waals surface area (Å²) < 4.78 is 38.3. The number of morpholine rings is 1. The number of carbonyl (C=O) groups is 3. The SMILES string of the molecule is COC(=O)C1(c2ccccc2)CCC(NCCNC(=O)N2C(=O)COC(C)(C)C2c2ccc(F)c(F)c2)CC1. The summed E-state index contributed by atoms with van der Waals surface area (Å²) in [5.41, 5.74) is -0.465. The van der Waals surface area contributed by atoms with E-state index in [2.05, 4.69) is 10.6 Å². The third-order valence-corrected chi connectivity index (χ3v) is 7.81. The van der Waals surface area contributed by atoms with Gasteiger partial charge >= 0.3 is 12.0 Å². The van der Waals surface area contributed by atoms with E-state index >= 15 is 0 Å². The Bertz CT molecular complexity index is 1200. The van der Waals surface area contributed by atoms with E-state index in [1.165, 1.54) is 13.2 Å². The molecule has 210 valence electrons. The molecule has 2 aromatic rings. The van der Waals surface area contributed by atoms with Crippen molar-refractivity contribution in [1.29, 1.82) is 0 Å². The molecule has 2 aromatic carbocycles. The minimum Gasteiger partial charge on any atom is -0.468 e. The highest BCUT2D eigenvalue weighted by atomic mass is 19.2. The van der Waals surface area contributed by atoms with Crippen LogP contribution in [0.25, 0.3) is 0 Å². The van der Waals surface area contributed by atoms with E-state index in [0.717, 1.165) is 35.4 Å². The van der Waals surface area contributed by atoms with Crippen molar-refractivity contribution in [3.8, 4) is 0 Å². The van der Waals surface area contributed by atoms with Crippen molar-refractivity contribution < 1.29 is 32.6 Å². The Labute approximate surface area is 227 Å². The van der Waals surface area contributed by atoms with Crippen LogP contribution in [0.1, 0.15) is 56.7 Å².